The van der Waals surface area contributed by atoms with Crippen molar-refractivity contribution in [3.8, 4) is 5.75 Å². The first-order valence-electron chi connectivity index (χ1n) is 6.31. The van der Waals surface area contributed by atoms with Crippen molar-refractivity contribution in [3.63, 3.8) is 0 Å². The highest BCUT2D eigenvalue weighted by atomic mass is 79.9. The molecule has 106 valence electrons. The zero-order chi connectivity index (χ0) is 14.6. The van der Waals surface area contributed by atoms with E-state index >= 15 is 0 Å². The summed E-state index contributed by atoms with van der Waals surface area (Å²) in [6.45, 7) is 9.27. The number of halogens is 3. The van der Waals surface area contributed by atoms with Gasteiger partial charge >= 0.3 is 0 Å². The molecule has 19 heavy (non-hydrogen) atoms. The van der Waals surface area contributed by atoms with Gasteiger partial charge in [0.15, 0.2) is 0 Å². The zero-order valence-electron chi connectivity index (χ0n) is 11.9. The number of rotatable bonds is 3. The molecule has 0 N–H and O–H groups in total. The van der Waals surface area contributed by atoms with Crippen molar-refractivity contribution in [2.45, 2.75) is 32.5 Å². The third-order valence-electron chi connectivity index (χ3n) is 4.96. The first-order chi connectivity index (χ1) is 8.64. The van der Waals surface area contributed by atoms with E-state index in [1.54, 1.807) is 7.11 Å². The van der Waals surface area contributed by atoms with Crippen LogP contribution < -0.4 is 4.74 Å². The number of alkyl halides is 1. The minimum Gasteiger partial charge on any atom is -0.495 e. The Hall–Kier alpha value is 0.270. The molecule has 1 saturated carbocycles. The summed E-state index contributed by atoms with van der Waals surface area (Å²) >= 11 is 13.6. The Balaban J connectivity index is 2.44. The van der Waals surface area contributed by atoms with Crippen LogP contribution in [0.5, 0.6) is 5.75 Å². The molecule has 1 unspecified atom stereocenters. The van der Waals surface area contributed by atoms with Crippen molar-refractivity contribution >= 4 is 43.5 Å². The summed E-state index contributed by atoms with van der Waals surface area (Å²) in [4.78, 5) is 0.238. The molecule has 1 aromatic rings. The molecule has 0 bridgehead atoms. The summed E-state index contributed by atoms with van der Waals surface area (Å²) in [5.41, 5.74) is 1.73. The Morgan fingerprint density at radius 2 is 1.74 bits per heavy atom. The lowest BCUT2D eigenvalue weighted by Crippen LogP contribution is -2.02. The molecule has 2 rings (SSSR count). The molecule has 4 heteroatoms. The van der Waals surface area contributed by atoms with Crippen molar-refractivity contribution in [2.24, 2.45) is 16.7 Å². The van der Waals surface area contributed by atoms with Crippen LogP contribution in [0.15, 0.2) is 16.6 Å². The summed E-state index contributed by atoms with van der Waals surface area (Å²) in [6, 6.07) is 3.86. The lowest BCUT2D eigenvalue weighted by atomic mass is 10.0. The van der Waals surface area contributed by atoms with Gasteiger partial charge in [-0.15, -0.1) is 0 Å². The minimum atomic E-state index is 0.238. The van der Waals surface area contributed by atoms with Gasteiger partial charge in [0.25, 0.3) is 0 Å². The standard InChI is InChI=1S/C15H19Br2ClO/c1-14(2)13(15(14,3)4)11(17)9-6-8(18)7-10(16)12(9)19-5/h6-7,11,13H,1-5H3. The second-order valence-electron chi connectivity index (χ2n) is 6.33. The molecule has 1 aliphatic carbocycles. The predicted octanol–water partition coefficient (Wildman–Crippen LogP) is 6.23. The van der Waals surface area contributed by atoms with Gasteiger partial charge in [0.2, 0.25) is 0 Å². The van der Waals surface area contributed by atoms with Crippen LogP contribution in [-0.2, 0) is 0 Å². The van der Waals surface area contributed by atoms with Crippen molar-refractivity contribution in [1.29, 1.82) is 0 Å². The van der Waals surface area contributed by atoms with Crippen molar-refractivity contribution in [3.05, 3.63) is 27.2 Å². The summed E-state index contributed by atoms with van der Waals surface area (Å²) in [5, 5.41) is 0.725. The molecule has 0 aliphatic heterocycles. The van der Waals surface area contributed by atoms with Crippen LogP contribution in [0.2, 0.25) is 5.02 Å². The Bertz CT molecular complexity index is 497. The van der Waals surface area contributed by atoms with Gasteiger partial charge in [0.05, 0.1) is 11.6 Å². The van der Waals surface area contributed by atoms with E-state index in [4.69, 9.17) is 16.3 Å². The SMILES string of the molecule is COc1c(Br)cc(Cl)cc1C(Br)C1C(C)(C)C1(C)C. The highest BCUT2D eigenvalue weighted by Crippen LogP contribution is 2.74. The molecule has 0 radical (unpaired) electrons. The molecule has 1 nitrogen and oxygen atoms in total. The van der Waals surface area contributed by atoms with Crippen molar-refractivity contribution in [1.82, 2.24) is 0 Å². The van der Waals surface area contributed by atoms with Gasteiger partial charge < -0.3 is 4.74 Å². The average molecular weight is 411 g/mol. The van der Waals surface area contributed by atoms with Gasteiger partial charge in [-0.1, -0.05) is 55.2 Å². The number of ether oxygens (including phenoxy) is 1. The number of methoxy groups -OCH3 is 1. The molecule has 0 spiro atoms. The maximum absolute atomic E-state index is 6.18. The van der Waals surface area contributed by atoms with E-state index in [2.05, 4.69) is 59.6 Å². The van der Waals surface area contributed by atoms with E-state index < -0.39 is 0 Å². The average Bonchev–Trinajstić information content (AvgIpc) is 2.67. The number of hydrogen-bond donors (Lipinski definition) is 0. The second-order valence-corrected chi connectivity index (χ2v) is 8.61. The highest BCUT2D eigenvalue weighted by molar-refractivity contribution is 9.10. The van der Waals surface area contributed by atoms with E-state index in [-0.39, 0.29) is 4.83 Å². The lowest BCUT2D eigenvalue weighted by molar-refractivity contribution is 0.404. The quantitative estimate of drug-likeness (QED) is 0.537. The zero-order valence-corrected chi connectivity index (χ0v) is 15.8. The van der Waals surface area contributed by atoms with E-state index in [9.17, 15) is 0 Å². The van der Waals surface area contributed by atoms with E-state index in [1.807, 2.05) is 12.1 Å². The molecular formula is C15H19Br2ClO. The van der Waals surface area contributed by atoms with Crippen molar-refractivity contribution < 1.29 is 4.74 Å². The van der Waals surface area contributed by atoms with E-state index in [0.717, 1.165) is 20.8 Å². The van der Waals surface area contributed by atoms with Gasteiger partial charge in [-0.2, -0.15) is 0 Å². The first-order valence-corrected chi connectivity index (χ1v) is 8.40. The van der Waals surface area contributed by atoms with Gasteiger partial charge in [-0.05, 0) is 44.8 Å². The molecule has 1 aliphatic rings. The summed E-state index contributed by atoms with van der Waals surface area (Å²) in [7, 11) is 1.69. The Labute approximate surface area is 137 Å². The Morgan fingerprint density at radius 3 is 2.16 bits per heavy atom. The molecule has 1 fully saturated rings. The van der Waals surface area contributed by atoms with Crippen LogP contribution in [0, 0.1) is 16.7 Å². The summed E-state index contributed by atoms with van der Waals surface area (Å²) < 4.78 is 6.43. The van der Waals surface area contributed by atoms with Crippen LogP contribution in [0.3, 0.4) is 0 Å². The van der Waals surface area contributed by atoms with Crippen LogP contribution in [-0.4, -0.2) is 7.11 Å². The van der Waals surface area contributed by atoms with Gasteiger partial charge in [0, 0.05) is 15.4 Å². The predicted molar refractivity (Wildman–Crippen MR) is 88.4 cm³/mol. The molecule has 1 atom stereocenters. The molecular weight excluding hydrogens is 391 g/mol. The fraction of sp³-hybridized carbons (Fsp3) is 0.600. The highest BCUT2D eigenvalue weighted by Gasteiger charge is 2.67. The fourth-order valence-corrected chi connectivity index (χ4v) is 5.82. The van der Waals surface area contributed by atoms with Crippen LogP contribution in [0.4, 0.5) is 0 Å². The first kappa shape index (κ1) is 15.7. The minimum absolute atomic E-state index is 0.238. The second kappa shape index (κ2) is 4.92. The molecule has 0 aromatic heterocycles. The molecule has 1 aromatic carbocycles. The van der Waals surface area contributed by atoms with Crippen LogP contribution in [0.1, 0.15) is 38.1 Å². The van der Waals surface area contributed by atoms with E-state index in [1.165, 1.54) is 0 Å². The lowest BCUT2D eigenvalue weighted by Gasteiger charge is -2.18. The van der Waals surface area contributed by atoms with E-state index in [0.29, 0.717) is 16.7 Å². The molecule has 0 amide bonds. The summed E-state index contributed by atoms with van der Waals surface area (Å²) in [5.74, 6) is 1.42. The summed E-state index contributed by atoms with van der Waals surface area (Å²) in [6.07, 6.45) is 0. The van der Waals surface area contributed by atoms with Gasteiger partial charge in [-0.25, -0.2) is 0 Å². The topological polar surface area (TPSA) is 9.23 Å². The third kappa shape index (κ3) is 2.36. The Morgan fingerprint density at radius 1 is 1.21 bits per heavy atom. The maximum Gasteiger partial charge on any atom is 0.137 e. The third-order valence-corrected chi connectivity index (χ3v) is 6.79. The monoisotopic (exact) mass is 408 g/mol. The number of hydrogen-bond acceptors (Lipinski definition) is 1. The fourth-order valence-electron chi connectivity index (χ4n) is 3.16. The number of benzene rings is 1. The molecule has 0 heterocycles. The largest absolute Gasteiger partial charge is 0.495 e. The van der Waals surface area contributed by atoms with Crippen LogP contribution in [0.25, 0.3) is 0 Å². The normalized spacial score (nSPS) is 22.1. The smallest absolute Gasteiger partial charge is 0.137 e. The Kier molecular flexibility index (Phi) is 4.06. The maximum atomic E-state index is 6.18. The van der Waals surface area contributed by atoms with Gasteiger partial charge in [-0.3, -0.25) is 0 Å². The van der Waals surface area contributed by atoms with Gasteiger partial charge in [0.1, 0.15) is 5.75 Å². The molecule has 0 saturated heterocycles. The van der Waals surface area contributed by atoms with Crippen molar-refractivity contribution in [2.75, 3.05) is 7.11 Å². The van der Waals surface area contributed by atoms with Crippen LogP contribution >= 0.6 is 43.5 Å².